The number of nitrogens with one attached hydrogen (secondary N) is 2. The van der Waals surface area contributed by atoms with Crippen molar-refractivity contribution < 1.29 is 41.3 Å². The van der Waals surface area contributed by atoms with Crippen LogP contribution in [0.25, 0.3) is 0 Å². The van der Waals surface area contributed by atoms with Crippen LogP contribution in [0.15, 0.2) is 47.4 Å². The predicted molar refractivity (Wildman–Crippen MR) is 151 cm³/mol. The monoisotopic (exact) mass is 600 g/mol. The third-order valence-corrected chi connectivity index (χ3v) is 9.32. The van der Waals surface area contributed by atoms with Crippen LogP contribution in [-0.2, 0) is 20.9 Å². The molecule has 0 saturated carbocycles. The molecule has 1 aliphatic rings. The van der Waals surface area contributed by atoms with Crippen molar-refractivity contribution in [3.63, 3.8) is 0 Å². The first kappa shape index (κ1) is 32.9. The number of benzene rings is 2. The van der Waals surface area contributed by atoms with Gasteiger partial charge in [0.2, 0.25) is 0 Å². The maximum atomic E-state index is 12.3. The summed E-state index contributed by atoms with van der Waals surface area (Å²) >= 11 is 0. The molecule has 0 spiro atoms. The van der Waals surface area contributed by atoms with E-state index in [2.05, 4.69) is 29.2 Å². The third kappa shape index (κ3) is 8.45. The van der Waals surface area contributed by atoms with Gasteiger partial charge in [-0.25, -0.2) is 4.79 Å². The van der Waals surface area contributed by atoms with Gasteiger partial charge in [-0.1, -0.05) is 57.0 Å². The van der Waals surface area contributed by atoms with Gasteiger partial charge in [0.05, 0.1) is 23.8 Å². The van der Waals surface area contributed by atoms with E-state index in [0.717, 1.165) is 30.4 Å². The van der Waals surface area contributed by atoms with Crippen LogP contribution < -0.4 is 15.4 Å². The summed E-state index contributed by atoms with van der Waals surface area (Å²) in [6, 6.07) is 13.1. The molecule has 0 amide bonds. The maximum Gasteiger partial charge on any atom is 0.491 e. The summed E-state index contributed by atoms with van der Waals surface area (Å²) in [6.07, 6.45) is -2.07. The number of halogens is 3. The average Bonchev–Trinajstić information content (AvgIpc) is 3.03. The fourth-order valence-corrected chi connectivity index (χ4v) is 7.33. The van der Waals surface area contributed by atoms with E-state index in [4.69, 9.17) is 4.74 Å². The van der Waals surface area contributed by atoms with Crippen LogP contribution in [0.5, 0.6) is 5.75 Å². The average molecular weight is 601 g/mol. The number of ether oxygens (including phenoxy) is 2. The molecule has 2 aromatic carbocycles. The van der Waals surface area contributed by atoms with Crippen LogP contribution in [0, 0.1) is 0 Å². The van der Waals surface area contributed by atoms with Gasteiger partial charge in [0.25, 0.3) is 0 Å². The molecule has 12 heteroatoms. The van der Waals surface area contributed by atoms with Crippen molar-refractivity contribution in [1.29, 1.82) is 0 Å². The first-order chi connectivity index (χ1) is 19.4. The van der Waals surface area contributed by atoms with Gasteiger partial charge in [-0.15, -0.1) is 0 Å². The molecule has 2 atom stereocenters. The second kappa shape index (κ2) is 14.0. The fourth-order valence-electron chi connectivity index (χ4n) is 5.09. The molecule has 0 bridgehead atoms. The number of alkyl halides is 3. The second-order valence-electron chi connectivity index (χ2n) is 10.3. The minimum atomic E-state index is -5.23. The minimum Gasteiger partial charge on any atom is -0.496 e. The summed E-state index contributed by atoms with van der Waals surface area (Å²) < 4.78 is 69.5. The fraction of sp³-hybridized carbons (Fsp3) is 0.517. The molecule has 2 aromatic rings. The Morgan fingerprint density at radius 3 is 2.46 bits per heavy atom. The van der Waals surface area contributed by atoms with Crippen LogP contribution in [-0.4, -0.2) is 52.2 Å². The second-order valence-corrected chi connectivity index (χ2v) is 12.3. The summed E-state index contributed by atoms with van der Waals surface area (Å²) in [6.45, 7) is 4.63. The van der Waals surface area contributed by atoms with Gasteiger partial charge in [0.15, 0.2) is 0 Å². The Hall–Kier alpha value is -2.64. The Bertz CT molecular complexity index is 1200. The quantitative estimate of drug-likeness (QED) is 0.127. The van der Waals surface area contributed by atoms with E-state index in [0.29, 0.717) is 22.6 Å². The highest BCUT2D eigenvalue weighted by molar-refractivity contribution is 8.24. The lowest BCUT2D eigenvalue weighted by Crippen LogP contribution is -2.49. The number of hydrogen-bond acceptors (Lipinski definition) is 8. The number of carbonyl (C=O) groups is 2. The maximum absolute atomic E-state index is 12.3. The van der Waals surface area contributed by atoms with Crippen molar-refractivity contribution >= 4 is 22.5 Å². The molecule has 8 nitrogen and oxygen atoms in total. The van der Waals surface area contributed by atoms with Crippen LogP contribution in [0.4, 0.5) is 13.2 Å². The van der Waals surface area contributed by atoms with Gasteiger partial charge in [-0.2, -0.15) is 23.8 Å². The zero-order chi connectivity index (χ0) is 30.3. The predicted octanol–water partition coefficient (Wildman–Crippen LogP) is 6.34. The lowest BCUT2D eigenvalue weighted by Gasteiger charge is -2.42. The smallest absolute Gasteiger partial charge is 0.491 e. The molecule has 3 rings (SSSR count). The topological polar surface area (TPSA) is 117 Å². The van der Waals surface area contributed by atoms with Gasteiger partial charge >= 0.3 is 18.1 Å². The molecular weight excluding hydrogens is 561 g/mol. The molecule has 0 saturated heterocycles. The summed E-state index contributed by atoms with van der Waals surface area (Å²) in [5.41, 5.74) is 1.87. The third-order valence-electron chi connectivity index (χ3n) is 7.31. The summed E-state index contributed by atoms with van der Waals surface area (Å²) in [5.74, 6) is -3.09. The van der Waals surface area contributed by atoms with E-state index < -0.39 is 34.2 Å². The molecule has 41 heavy (non-hydrogen) atoms. The van der Waals surface area contributed by atoms with E-state index in [-0.39, 0.29) is 37.7 Å². The Morgan fingerprint density at radius 1 is 1.15 bits per heavy atom. The number of carbonyl (C=O) groups excluding carboxylic acids is 2. The molecule has 0 fully saturated rings. The summed E-state index contributed by atoms with van der Waals surface area (Å²) in [5, 5.41) is 6.90. The molecule has 0 aromatic heterocycles. The lowest BCUT2D eigenvalue weighted by atomic mass is 9.88. The SMILES string of the molecule is CCCC[C@]1(CC)CS(O)(O)c2cc(CNCCCC(=O)OC(=O)C(F)(F)F)c(OC)cc2[C@@H](c2ccccc2)N1. The Balaban J connectivity index is 1.85. The Labute approximate surface area is 240 Å². The zero-order valence-corrected chi connectivity index (χ0v) is 24.4. The Morgan fingerprint density at radius 2 is 1.85 bits per heavy atom. The van der Waals surface area contributed by atoms with Gasteiger partial charge < -0.3 is 14.8 Å². The zero-order valence-electron chi connectivity index (χ0n) is 23.6. The number of fused-ring (bicyclic) bond motifs is 1. The van der Waals surface area contributed by atoms with Gasteiger partial charge in [0.1, 0.15) is 5.75 Å². The van der Waals surface area contributed by atoms with Crippen LogP contribution in [0.3, 0.4) is 0 Å². The van der Waals surface area contributed by atoms with Crippen molar-refractivity contribution in [2.45, 2.75) is 81.6 Å². The minimum absolute atomic E-state index is 0.128. The molecule has 228 valence electrons. The van der Waals surface area contributed by atoms with Crippen LogP contribution in [0.1, 0.15) is 75.1 Å². The van der Waals surface area contributed by atoms with Gasteiger partial charge in [0, 0.05) is 29.6 Å². The van der Waals surface area contributed by atoms with Crippen molar-refractivity contribution in [2.24, 2.45) is 0 Å². The van der Waals surface area contributed by atoms with E-state index in [1.165, 1.54) is 7.11 Å². The van der Waals surface area contributed by atoms with E-state index in [1.807, 2.05) is 36.4 Å². The molecular formula is C29H39F3N2O6S. The summed E-state index contributed by atoms with van der Waals surface area (Å²) in [4.78, 5) is 22.8. The van der Waals surface area contributed by atoms with Crippen molar-refractivity contribution in [1.82, 2.24) is 10.6 Å². The van der Waals surface area contributed by atoms with Crippen LogP contribution in [0.2, 0.25) is 0 Å². The van der Waals surface area contributed by atoms with Crippen LogP contribution >= 0.6 is 10.6 Å². The highest BCUT2D eigenvalue weighted by atomic mass is 32.3. The number of esters is 2. The van der Waals surface area contributed by atoms with Crippen molar-refractivity contribution in [2.75, 3.05) is 19.4 Å². The molecule has 0 unspecified atom stereocenters. The van der Waals surface area contributed by atoms with E-state index >= 15 is 0 Å². The standard InChI is InChI=1S/C29H39F3N2O6S/c1-4-6-14-28(5-2)19-41(37,38)24-16-21(18-33-15-10-13-25(35)40-27(36)29(30,31)32)23(39-3)17-22(24)26(34-28)20-11-8-7-9-12-20/h7-9,11-12,16-17,26,33-34,37-38H,4-6,10,13-15,18-19H2,1-3H3/t26-,28-/m1/s1. The number of unbranched alkanes of at least 4 members (excludes halogenated alkanes) is 1. The lowest BCUT2D eigenvalue weighted by molar-refractivity contribution is -0.201. The molecule has 1 aliphatic heterocycles. The highest BCUT2D eigenvalue weighted by Gasteiger charge is 2.43. The van der Waals surface area contributed by atoms with E-state index in [1.54, 1.807) is 6.07 Å². The normalized spacial score (nSPS) is 20.9. The van der Waals surface area contributed by atoms with Crippen molar-refractivity contribution in [3.05, 3.63) is 59.2 Å². The highest BCUT2D eigenvalue weighted by Crippen LogP contribution is 2.58. The molecule has 0 radical (unpaired) electrons. The molecule has 0 aliphatic carbocycles. The molecule has 4 N–H and O–H groups in total. The number of hydrogen-bond donors (Lipinski definition) is 4. The van der Waals surface area contributed by atoms with Gasteiger partial charge in [-0.3, -0.25) is 19.2 Å². The Kier molecular flexibility index (Phi) is 11.2. The number of methoxy groups -OCH3 is 1. The molecule has 1 heterocycles. The first-order valence-corrected chi connectivity index (χ1v) is 15.4. The first-order valence-electron chi connectivity index (χ1n) is 13.7. The number of rotatable bonds is 12. The van der Waals surface area contributed by atoms with E-state index in [9.17, 15) is 31.9 Å². The summed E-state index contributed by atoms with van der Waals surface area (Å²) in [7, 11) is -1.69. The van der Waals surface area contributed by atoms with Crippen molar-refractivity contribution in [3.8, 4) is 5.75 Å². The van der Waals surface area contributed by atoms with Gasteiger partial charge in [-0.05, 0) is 43.5 Å². The largest absolute Gasteiger partial charge is 0.496 e.